The van der Waals surface area contributed by atoms with E-state index in [2.05, 4.69) is 0 Å². The molecule has 0 spiro atoms. The molecular weight excluding hydrogens is 102 g/mol. The van der Waals surface area contributed by atoms with E-state index in [0.29, 0.717) is 0 Å². The van der Waals surface area contributed by atoms with E-state index in [1.807, 2.05) is 21.0 Å². The molecule has 0 aromatic rings. The molecule has 1 atom stereocenters. The van der Waals surface area contributed by atoms with Gasteiger partial charge < -0.3 is 9.69 Å². The van der Waals surface area contributed by atoms with Crippen LogP contribution in [-0.4, -0.2) is 26.9 Å². The van der Waals surface area contributed by atoms with Crippen LogP contribution in [0.1, 0.15) is 6.92 Å². The van der Waals surface area contributed by atoms with Crippen molar-refractivity contribution in [1.82, 2.24) is 0 Å². The predicted molar refractivity (Wildman–Crippen MR) is 32.9 cm³/mol. The quantitative estimate of drug-likeness (QED) is 0.468. The first kappa shape index (κ1) is 7.63. The highest BCUT2D eigenvalue weighted by atomic mass is 16.1. The van der Waals surface area contributed by atoms with Crippen LogP contribution in [0.3, 0.4) is 0 Å². The van der Waals surface area contributed by atoms with Crippen LogP contribution in [0.2, 0.25) is 0 Å². The maximum Gasteiger partial charge on any atom is 0.128 e. The zero-order chi connectivity index (χ0) is 6.57. The SMILES string of the molecule is CC(C=O)C[NH+](C)C. The highest BCUT2D eigenvalue weighted by molar-refractivity contribution is 5.52. The molecule has 0 aliphatic carbocycles. The van der Waals surface area contributed by atoms with Crippen LogP contribution >= 0.6 is 0 Å². The molecule has 0 radical (unpaired) electrons. The molecule has 0 aliphatic rings. The van der Waals surface area contributed by atoms with Crippen molar-refractivity contribution in [2.45, 2.75) is 6.92 Å². The molecule has 0 aliphatic heterocycles. The average molecular weight is 116 g/mol. The lowest BCUT2D eigenvalue weighted by atomic mass is 10.2. The van der Waals surface area contributed by atoms with Crippen molar-refractivity contribution in [2.75, 3.05) is 20.6 Å². The van der Waals surface area contributed by atoms with Crippen molar-refractivity contribution < 1.29 is 9.69 Å². The topological polar surface area (TPSA) is 21.5 Å². The second kappa shape index (κ2) is 3.61. The first-order valence-corrected chi connectivity index (χ1v) is 2.91. The lowest BCUT2D eigenvalue weighted by molar-refractivity contribution is -0.860. The molecule has 0 rings (SSSR count). The molecule has 0 saturated carbocycles. The molecule has 0 saturated heterocycles. The number of rotatable bonds is 3. The number of carbonyl (C=O) groups is 1. The fraction of sp³-hybridized carbons (Fsp3) is 0.833. The number of aldehydes is 1. The molecule has 2 nitrogen and oxygen atoms in total. The third kappa shape index (κ3) is 3.81. The summed E-state index contributed by atoms with van der Waals surface area (Å²) < 4.78 is 0. The van der Waals surface area contributed by atoms with Crippen LogP contribution in [0.25, 0.3) is 0 Å². The Morgan fingerprint density at radius 3 is 2.25 bits per heavy atom. The molecule has 8 heavy (non-hydrogen) atoms. The third-order valence-electron chi connectivity index (χ3n) is 0.963. The van der Waals surface area contributed by atoms with Gasteiger partial charge in [0.05, 0.1) is 26.6 Å². The van der Waals surface area contributed by atoms with Crippen LogP contribution in [0.5, 0.6) is 0 Å². The lowest BCUT2D eigenvalue weighted by Gasteiger charge is -2.07. The predicted octanol–water partition coefficient (Wildman–Crippen LogP) is -1.03. The van der Waals surface area contributed by atoms with Gasteiger partial charge in [0.2, 0.25) is 0 Å². The minimum Gasteiger partial charge on any atom is -0.339 e. The van der Waals surface area contributed by atoms with Crippen LogP contribution < -0.4 is 4.90 Å². The average Bonchev–Trinajstić information content (AvgIpc) is 1.65. The highest BCUT2D eigenvalue weighted by Crippen LogP contribution is 1.79. The molecular formula is C6H14NO+. The summed E-state index contributed by atoms with van der Waals surface area (Å²) >= 11 is 0. The number of hydrogen-bond donors (Lipinski definition) is 1. The van der Waals surface area contributed by atoms with Gasteiger partial charge in [-0.25, -0.2) is 0 Å². The van der Waals surface area contributed by atoms with E-state index >= 15 is 0 Å². The Hall–Kier alpha value is -0.370. The smallest absolute Gasteiger partial charge is 0.128 e. The molecule has 0 heterocycles. The van der Waals surface area contributed by atoms with Crippen molar-refractivity contribution in [3.63, 3.8) is 0 Å². The second-order valence-electron chi connectivity index (χ2n) is 2.52. The van der Waals surface area contributed by atoms with E-state index in [4.69, 9.17) is 0 Å². The minimum absolute atomic E-state index is 0.208. The van der Waals surface area contributed by atoms with Gasteiger partial charge >= 0.3 is 0 Å². The fourth-order valence-corrected chi connectivity index (χ4v) is 0.692. The molecule has 1 unspecified atom stereocenters. The fourth-order valence-electron chi connectivity index (χ4n) is 0.692. The lowest BCUT2D eigenvalue weighted by Crippen LogP contribution is -3.06. The zero-order valence-corrected chi connectivity index (χ0v) is 5.77. The Bertz CT molecular complexity index is 70.9. The third-order valence-corrected chi connectivity index (χ3v) is 0.963. The summed E-state index contributed by atoms with van der Waals surface area (Å²) in [4.78, 5) is 11.4. The van der Waals surface area contributed by atoms with Crippen molar-refractivity contribution in [3.8, 4) is 0 Å². The summed E-state index contributed by atoms with van der Waals surface area (Å²) in [5.41, 5.74) is 0. The van der Waals surface area contributed by atoms with Gasteiger partial charge in [-0.3, -0.25) is 0 Å². The monoisotopic (exact) mass is 116 g/mol. The van der Waals surface area contributed by atoms with Gasteiger partial charge in [0.25, 0.3) is 0 Å². The van der Waals surface area contributed by atoms with Crippen LogP contribution in [-0.2, 0) is 4.79 Å². The summed E-state index contributed by atoms with van der Waals surface area (Å²) in [6.45, 7) is 2.86. The maximum atomic E-state index is 10.0. The van der Waals surface area contributed by atoms with Gasteiger partial charge in [-0.15, -0.1) is 0 Å². The van der Waals surface area contributed by atoms with Gasteiger partial charge in [0.1, 0.15) is 6.29 Å². The van der Waals surface area contributed by atoms with E-state index in [1.54, 1.807) is 0 Å². The van der Waals surface area contributed by atoms with Crippen molar-refractivity contribution in [1.29, 1.82) is 0 Å². The van der Waals surface area contributed by atoms with Crippen molar-refractivity contribution >= 4 is 6.29 Å². The Labute approximate surface area is 50.5 Å². The Kier molecular flexibility index (Phi) is 3.44. The van der Waals surface area contributed by atoms with Gasteiger partial charge in [0.15, 0.2) is 0 Å². The molecule has 0 aromatic heterocycles. The Morgan fingerprint density at radius 2 is 2.12 bits per heavy atom. The molecule has 48 valence electrons. The molecule has 0 amide bonds. The molecule has 1 N–H and O–H groups in total. The molecule has 0 aromatic carbocycles. The molecule has 2 heteroatoms. The van der Waals surface area contributed by atoms with Crippen LogP contribution in [0.15, 0.2) is 0 Å². The number of quaternary nitrogens is 1. The van der Waals surface area contributed by atoms with E-state index in [-0.39, 0.29) is 5.92 Å². The normalized spacial score (nSPS) is 14.0. The van der Waals surface area contributed by atoms with E-state index in [1.165, 1.54) is 4.90 Å². The van der Waals surface area contributed by atoms with Gasteiger partial charge in [-0.05, 0) is 0 Å². The van der Waals surface area contributed by atoms with Crippen LogP contribution in [0.4, 0.5) is 0 Å². The maximum absolute atomic E-state index is 10.0. The van der Waals surface area contributed by atoms with E-state index in [0.717, 1.165) is 12.8 Å². The van der Waals surface area contributed by atoms with Gasteiger partial charge in [-0.1, -0.05) is 6.92 Å². The molecule has 0 fully saturated rings. The first-order valence-electron chi connectivity index (χ1n) is 2.91. The van der Waals surface area contributed by atoms with Gasteiger partial charge in [-0.2, -0.15) is 0 Å². The van der Waals surface area contributed by atoms with Crippen LogP contribution in [0, 0.1) is 5.92 Å². The summed E-state index contributed by atoms with van der Waals surface area (Å²) in [5.74, 6) is 0.208. The number of hydrogen-bond acceptors (Lipinski definition) is 1. The first-order chi connectivity index (χ1) is 3.66. The zero-order valence-electron chi connectivity index (χ0n) is 5.77. The number of nitrogens with one attached hydrogen (secondary N) is 1. The van der Waals surface area contributed by atoms with Crippen molar-refractivity contribution in [2.24, 2.45) is 5.92 Å². The highest BCUT2D eigenvalue weighted by Gasteiger charge is 2.01. The summed E-state index contributed by atoms with van der Waals surface area (Å²) in [6, 6.07) is 0. The second-order valence-corrected chi connectivity index (χ2v) is 2.52. The Balaban J connectivity index is 3.23. The number of carbonyl (C=O) groups excluding carboxylic acids is 1. The van der Waals surface area contributed by atoms with Crippen molar-refractivity contribution in [3.05, 3.63) is 0 Å². The summed E-state index contributed by atoms with van der Waals surface area (Å²) in [5, 5.41) is 0. The van der Waals surface area contributed by atoms with Gasteiger partial charge in [0, 0.05) is 0 Å². The largest absolute Gasteiger partial charge is 0.339 e. The van der Waals surface area contributed by atoms with E-state index in [9.17, 15) is 4.79 Å². The Morgan fingerprint density at radius 1 is 1.62 bits per heavy atom. The standard InChI is InChI=1S/C6H13NO/c1-6(5-8)4-7(2)3/h5-6H,4H2,1-3H3/p+1. The summed E-state index contributed by atoms with van der Waals surface area (Å²) in [7, 11) is 4.08. The minimum atomic E-state index is 0.208. The molecule has 0 bridgehead atoms. The van der Waals surface area contributed by atoms with E-state index < -0.39 is 0 Å². The summed E-state index contributed by atoms with van der Waals surface area (Å²) in [6.07, 6.45) is 0.993.